The summed E-state index contributed by atoms with van der Waals surface area (Å²) in [6.45, 7) is 8.56. The summed E-state index contributed by atoms with van der Waals surface area (Å²) in [7, 11) is 0. The molecule has 16 heavy (non-hydrogen) atoms. The van der Waals surface area contributed by atoms with Crippen molar-refractivity contribution in [3.8, 4) is 0 Å². The molecule has 0 aliphatic carbocycles. The van der Waals surface area contributed by atoms with Gasteiger partial charge in [0, 0.05) is 17.3 Å². The van der Waals surface area contributed by atoms with Gasteiger partial charge in [0.1, 0.15) is 0 Å². The van der Waals surface area contributed by atoms with Gasteiger partial charge in [-0.05, 0) is 18.8 Å². The molecule has 0 aliphatic rings. The van der Waals surface area contributed by atoms with E-state index in [2.05, 4.69) is 48.9 Å². The zero-order valence-electron chi connectivity index (χ0n) is 11.1. The minimum atomic E-state index is 0.204. The Morgan fingerprint density at radius 1 is 1.19 bits per heavy atom. The van der Waals surface area contributed by atoms with Gasteiger partial charge in [-0.25, -0.2) is 0 Å². The maximum Gasteiger partial charge on any atom is 0.223 e. The van der Waals surface area contributed by atoms with Crippen LogP contribution in [0.1, 0.15) is 53.4 Å². The zero-order valence-corrected chi connectivity index (χ0v) is 12.6. The minimum absolute atomic E-state index is 0.204. The summed E-state index contributed by atoms with van der Waals surface area (Å²) in [6, 6.07) is 0.253. The molecule has 0 spiro atoms. The molecule has 0 aromatic carbocycles. The molecule has 1 atom stereocenters. The average Bonchev–Trinajstić information content (AvgIpc) is 2.24. The lowest BCUT2D eigenvalue weighted by Crippen LogP contribution is -2.42. The quantitative estimate of drug-likeness (QED) is 0.678. The molecule has 1 unspecified atom stereocenters. The molecule has 1 amide bonds. The van der Waals surface area contributed by atoms with Crippen molar-refractivity contribution in [2.24, 2.45) is 11.8 Å². The van der Waals surface area contributed by atoms with Gasteiger partial charge in [-0.2, -0.15) is 0 Å². The number of amides is 1. The van der Waals surface area contributed by atoms with Crippen LogP contribution < -0.4 is 5.32 Å². The van der Waals surface area contributed by atoms with Crippen molar-refractivity contribution in [1.29, 1.82) is 0 Å². The van der Waals surface area contributed by atoms with E-state index < -0.39 is 0 Å². The minimum Gasteiger partial charge on any atom is -0.352 e. The molecule has 0 saturated carbocycles. The molecule has 0 aromatic heterocycles. The summed E-state index contributed by atoms with van der Waals surface area (Å²) in [5, 5.41) is 3.98. The SMILES string of the molecule is CCCC(CCC)C(=O)NC(CBr)C(C)C. The summed E-state index contributed by atoms with van der Waals surface area (Å²) in [5.74, 6) is 0.921. The second kappa shape index (κ2) is 9.03. The molecule has 0 aromatic rings. The van der Waals surface area contributed by atoms with Crippen LogP contribution in [0.2, 0.25) is 0 Å². The number of carbonyl (C=O) groups is 1. The molecular weight excluding hydrogens is 266 g/mol. The number of hydrogen-bond acceptors (Lipinski definition) is 1. The fraction of sp³-hybridized carbons (Fsp3) is 0.923. The topological polar surface area (TPSA) is 29.1 Å². The molecule has 0 rings (SSSR count). The van der Waals surface area contributed by atoms with Crippen molar-refractivity contribution in [2.45, 2.75) is 59.4 Å². The van der Waals surface area contributed by atoms with Crippen LogP contribution in [0.25, 0.3) is 0 Å². The standard InChI is InChI=1S/C13H26BrNO/c1-5-7-11(8-6-2)13(16)15-12(9-14)10(3)4/h10-12H,5-9H2,1-4H3,(H,15,16). The summed E-state index contributed by atoms with van der Waals surface area (Å²) < 4.78 is 0. The van der Waals surface area contributed by atoms with Gasteiger partial charge in [0.25, 0.3) is 0 Å². The van der Waals surface area contributed by atoms with E-state index in [1.165, 1.54) is 0 Å². The molecule has 0 bridgehead atoms. The second-order valence-electron chi connectivity index (χ2n) is 4.79. The fourth-order valence-corrected chi connectivity index (χ4v) is 2.70. The largest absolute Gasteiger partial charge is 0.352 e. The van der Waals surface area contributed by atoms with Crippen LogP contribution in [0.3, 0.4) is 0 Å². The normalized spacial score (nSPS) is 13.2. The lowest BCUT2D eigenvalue weighted by Gasteiger charge is -2.23. The zero-order chi connectivity index (χ0) is 12.6. The van der Waals surface area contributed by atoms with Gasteiger partial charge in [-0.3, -0.25) is 4.79 Å². The number of rotatable bonds is 8. The van der Waals surface area contributed by atoms with Crippen molar-refractivity contribution >= 4 is 21.8 Å². The van der Waals surface area contributed by atoms with E-state index in [9.17, 15) is 4.79 Å². The predicted octanol–water partition coefficient (Wildman–Crippen LogP) is 3.74. The molecule has 3 heteroatoms. The van der Waals surface area contributed by atoms with Crippen molar-refractivity contribution in [3.63, 3.8) is 0 Å². The Balaban J connectivity index is 4.26. The molecule has 0 fully saturated rings. The third-order valence-electron chi connectivity index (χ3n) is 2.94. The van der Waals surface area contributed by atoms with Gasteiger partial charge in [0.2, 0.25) is 5.91 Å². The van der Waals surface area contributed by atoms with Crippen molar-refractivity contribution < 1.29 is 4.79 Å². The summed E-state index contributed by atoms with van der Waals surface area (Å²) in [5.41, 5.74) is 0. The van der Waals surface area contributed by atoms with Crippen molar-refractivity contribution in [2.75, 3.05) is 5.33 Å². The molecule has 2 nitrogen and oxygen atoms in total. The van der Waals surface area contributed by atoms with Crippen LogP contribution in [0.15, 0.2) is 0 Å². The Kier molecular flexibility index (Phi) is 9.00. The smallest absolute Gasteiger partial charge is 0.223 e. The molecule has 96 valence electrons. The highest BCUT2D eigenvalue weighted by molar-refractivity contribution is 9.09. The molecule has 1 N–H and O–H groups in total. The molecular formula is C13H26BrNO. The monoisotopic (exact) mass is 291 g/mol. The Hall–Kier alpha value is -0.0500. The first-order valence-electron chi connectivity index (χ1n) is 6.43. The Morgan fingerprint density at radius 3 is 2.00 bits per heavy atom. The van der Waals surface area contributed by atoms with Crippen LogP contribution in [0.4, 0.5) is 0 Å². The van der Waals surface area contributed by atoms with Crippen LogP contribution in [0.5, 0.6) is 0 Å². The number of hydrogen-bond donors (Lipinski definition) is 1. The number of halogens is 1. The third-order valence-corrected chi connectivity index (χ3v) is 3.64. The van der Waals surface area contributed by atoms with Gasteiger partial charge in [-0.15, -0.1) is 0 Å². The highest BCUT2D eigenvalue weighted by Gasteiger charge is 2.21. The number of nitrogens with one attached hydrogen (secondary N) is 1. The van der Waals surface area contributed by atoms with E-state index in [-0.39, 0.29) is 17.9 Å². The van der Waals surface area contributed by atoms with E-state index in [1.807, 2.05) is 0 Å². The molecule has 0 saturated heterocycles. The van der Waals surface area contributed by atoms with Crippen molar-refractivity contribution in [1.82, 2.24) is 5.32 Å². The van der Waals surface area contributed by atoms with Crippen LogP contribution in [-0.4, -0.2) is 17.3 Å². The Morgan fingerprint density at radius 2 is 1.69 bits per heavy atom. The summed E-state index contributed by atoms with van der Waals surface area (Å²) >= 11 is 3.46. The van der Waals surface area contributed by atoms with E-state index in [0.717, 1.165) is 31.0 Å². The van der Waals surface area contributed by atoms with E-state index >= 15 is 0 Å². The maximum atomic E-state index is 12.1. The van der Waals surface area contributed by atoms with Gasteiger partial charge in [-0.1, -0.05) is 56.5 Å². The Bertz CT molecular complexity index is 188. The first-order chi connectivity index (χ1) is 7.56. The lowest BCUT2D eigenvalue weighted by molar-refractivity contribution is -0.126. The molecule has 0 heterocycles. The third kappa shape index (κ3) is 5.88. The number of carbonyl (C=O) groups excluding carboxylic acids is 1. The Labute approximate surface area is 109 Å². The second-order valence-corrected chi connectivity index (χ2v) is 5.44. The highest BCUT2D eigenvalue weighted by Crippen LogP contribution is 2.15. The maximum absolute atomic E-state index is 12.1. The highest BCUT2D eigenvalue weighted by atomic mass is 79.9. The number of alkyl halides is 1. The van der Waals surface area contributed by atoms with Gasteiger partial charge in [0.05, 0.1) is 0 Å². The molecule has 0 radical (unpaired) electrons. The molecule has 0 aliphatic heterocycles. The van der Waals surface area contributed by atoms with E-state index in [0.29, 0.717) is 5.92 Å². The van der Waals surface area contributed by atoms with E-state index in [4.69, 9.17) is 0 Å². The fourth-order valence-electron chi connectivity index (χ4n) is 1.79. The van der Waals surface area contributed by atoms with Crippen LogP contribution >= 0.6 is 15.9 Å². The van der Waals surface area contributed by atoms with E-state index in [1.54, 1.807) is 0 Å². The van der Waals surface area contributed by atoms with Crippen LogP contribution in [0, 0.1) is 11.8 Å². The first kappa shape index (κ1) is 16.0. The predicted molar refractivity (Wildman–Crippen MR) is 73.9 cm³/mol. The lowest BCUT2D eigenvalue weighted by atomic mass is 9.96. The summed E-state index contributed by atoms with van der Waals surface area (Å²) in [6.07, 6.45) is 4.18. The first-order valence-corrected chi connectivity index (χ1v) is 7.55. The van der Waals surface area contributed by atoms with Gasteiger partial charge >= 0.3 is 0 Å². The van der Waals surface area contributed by atoms with Crippen LogP contribution in [-0.2, 0) is 4.79 Å². The van der Waals surface area contributed by atoms with Gasteiger partial charge < -0.3 is 5.32 Å². The van der Waals surface area contributed by atoms with Crippen molar-refractivity contribution in [3.05, 3.63) is 0 Å². The summed E-state index contributed by atoms with van der Waals surface area (Å²) in [4.78, 5) is 12.1. The van der Waals surface area contributed by atoms with Gasteiger partial charge in [0.15, 0.2) is 0 Å². The average molecular weight is 292 g/mol.